The van der Waals surface area contributed by atoms with E-state index in [9.17, 15) is 47.3 Å². The lowest BCUT2D eigenvalue weighted by Gasteiger charge is -2.41. The molecule has 0 aromatic rings. The van der Waals surface area contributed by atoms with Crippen molar-refractivity contribution in [2.45, 2.75) is 0 Å². The summed E-state index contributed by atoms with van der Waals surface area (Å²) in [4.78, 5) is 54.0. The van der Waals surface area contributed by atoms with Gasteiger partial charge in [-0.25, -0.2) is 21.6 Å². The Hall–Kier alpha value is 0.550. The Morgan fingerprint density at radius 1 is 0.360 bits per heavy atom. The van der Waals surface area contributed by atoms with Gasteiger partial charge in [0.05, 0.1) is 0 Å². The molecule has 1 rings (SSSR count). The van der Waals surface area contributed by atoms with Crippen molar-refractivity contribution in [2.24, 2.45) is 0 Å². The topological polar surface area (TPSA) is 429 Å². The van der Waals surface area contributed by atoms with E-state index in [-0.39, 0.29) is 30.8 Å². The Kier molecular flexibility index (Phi) is 15.7. The van der Waals surface area contributed by atoms with Crippen LogP contribution >= 0.6 is 39.1 Å². The SMILES string of the molecule is O=P1([O-])OP(=O)([O-])OP(=O)([O-])OP(=O)([O-])OP(=O)([O-])O1.[NH4+].[NH4+].[NH4+].[NH4+].[NH4+]. The summed E-state index contributed by atoms with van der Waals surface area (Å²) in [6.45, 7) is 0. The quantitative estimate of drug-likeness (QED) is 0.265. The van der Waals surface area contributed by atoms with Crippen molar-refractivity contribution in [1.82, 2.24) is 30.8 Å². The second kappa shape index (κ2) is 10.8. The van der Waals surface area contributed by atoms with E-state index in [4.69, 9.17) is 0 Å². The molecule has 0 amide bonds. The average Bonchev–Trinajstić information content (AvgIpc) is 1.84. The van der Waals surface area contributed by atoms with E-state index in [1.807, 2.05) is 0 Å². The van der Waals surface area contributed by atoms with Gasteiger partial charge in [0.25, 0.3) is 39.1 Å². The highest BCUT2D eigenvalue weighted by molar-refractivity contribution is 7.73. The molecule has 160 valence electrons. The van der Waals surface area contributed by atoms with Gasteiger partial charge in [-0.05, 0) is 0 Å². The van der Waals surface area contributed by atoms with Crippen LogP contribution in [0.15, 0.2) is 0 Å². The van der Waals surface area contributed by atoms with Gasteiger partial charge in [-0.2, -0.15) is 0 Å². The van der Waals surface area contributed by atoms with Gasteiger partial charge in [0.1, 0.15) is 0 Å². The summed E-state index contributed by atoms with van der Waals surface area (Å²) in [5.41, 5.74) is 0. The summed E-state index contributed by atoms with van der Waals surface area (Å²) < 4.78 is 69.0. The Bertz CT molecular complexity index is 483. The molecule has 0 aliphatic carbocycles. The summed E-state index contributed by atoms with van der Waals surface area (Å²) >= 11 is 0. The fourth-order valence-electron chi connectivity index (χ4n) is 0.687. The molecular formula is H20N5O15P5. The number of hydrogen-bond donors (Lipinski definition) is 5. The van der Waals surface area contributed by atoms with Crippen LogP contribution in [-0.4, -0.2) is 0 Å². The van der Waals surface area contributed by atoms with E-state index < -0.39 is 39.1 Å². The molecule has 0 unspecified atom stereocenters. The smallest absolute Gasteiger partial charge is 0.280 e. The molecule has 0 aromatic carbocycles. The highest BCUT2D eigenvalue weighted by atomic mass is 31.3. The molecule has 1 aliphatic heterocycles. The van der Waals surface area contributed by atoms with Gasteiger partial charge in [-0.1, -0.05) is 0 Å². The van der Waals surface area contributed by atoms with Gasteiger partial charge in [-0.15, -0.1) is 0 Å². The molecule has 0 bridgehead atoms. The summed E-state index contributed by atoms with van der Waals surface area (Å²) in [6.07, 6.45) is 0. The second-order valence-electron chi connectivity index (χ2n) is 2.64. The summed E-state index contributed by atoms with van der Waals surface area (Å²) in [7, 11) is -31.4. The van der Waals surface area contributed by atoms with Crippen molar-refractivity contribution >= 4 is 39.1 Å². The van der Waals surface area contributed by atoms with E-state index in [0.29, 0.717) is 0 Å². The largest absolute Gasteiger partial charge is 0.756 e. The third kappa shape index (κ3) is 13.4. The fourth-order valence-corrected chi connectivity index (χ4v) is 7.52. The Morgan fingerprint density at radius 2 is 0.440 bits per heavy atom. The molecule has 0 spiro atoms. The first-order chi connectivity index (χ1) is 8.54. The lowest BCUT2D eigenvalue weighted by molar-refractivity contribution is -0.263. The van der Waals surface area contributed by atoms with Gasteiger partial charge < -0.3 is 55.2 Å². The minimum Gasteiger partial charge on any atom is -0.756 e. The van der Waals surface area contributed by atoms with E-state index in [1.54, 1.807) is 0 Å². The normalized spacial score (nSPS) is 44.2. The van der Waals surface area contributed by atoms with E-state index in [1.165, 1.54) is 0 Å². The fraction of sp³-hybridized carbons (Fsp3) is 0. The maximum absolute atomic E-state index is 10.8. The van der Waals surface area contributed by atoms with Crippen molar-refractivity contribution in [1.29, 1.82) is 0 Å². The molecular weight excluding hydrogens is 465 g/mol. The number of quaternary nitrogens is 5. The third-order valence-corrected chi connectivity index (χ3v) is 9.00. The van der Waals surface area contributed by atoms with Crippen LogP contribution in [0.4, 0.5) is 0 Å². The van der Waals surface area contributed by atoms with Gasteiger partial charge >= 0.3 is 0 Å². The van der Waals surface area contributed by atoms with Crippen LogP contribution in [0.3, 0.4) is 0 Å². The van der Waals surface area contributed by atoms with E-state index in [0.717, 1.165) is 0 Å². The summed E-state index contributed by atoms with van der Waals surface area (Å²) in [5.74, 6) is 0. The van der Waals surface area contributed by atoms with E-state index in [2.05, 4.69) is 21.6 Å². The molecule has 1 aliphatic rings. The van der Waals surface area contributed by atoms with Gasteiger partial charge in [0.15, 0.2) is 0 Å². The molecule has 20 N–H and O–H groups in total. The van der Waals surface area contributed by atoms with Gasteiger partial charge in [-0.3, -0.25) is 22.8 Å². The van der Waals surface area contributed by atoms with Crippen LogP contribution in [0.5, 0.6) is 0 Å². The number of phosphoric acid groups is 5. The first kappa shape index (κ1) is 36.5. The maximum atomic E-state index is 10.8. The average molecular weight is 485 g/mol. The first-order valence-corrected chi connectivity index (χ1v) is 11.0. The minimum atomic E-state index is -6.29. The molecule has 1 saturated heterocycles. The Morgan fingerprint density at radius 3 is 0.520 bits per heavy atom. The third-order valence-electron chi connectivity index (χ3n) is 1.000. The van der Waals surface area contributed by atoms with Crippen molar-refractivity contribution in [2.75, 3.05) is 0 Å². The summed E-state index contributed by atoms with van der Waals surface area (Å²) in [5, 5.41) is 0. The molecule has 20 nitrogen and oxygen atoms in total. The predicted octanol–water partition coefficient (Wildman–Crippen LogP) is -0.694. The number of rotatable bonds is 0. The minimum absolute atomic E-state index is 0. The molecule has 0 radical (unpaired) electrons. The van der Waals surface area contributed by atoms with Crippen molar-refractivity contribution in [3.05, 3.63) is 0 Å². The van der Waals surface area contributed by atoms with Crippen LogP contribution < -0.4 is 55.2 Å². The van der Waals surface area contributed by atoms with Crippen molar-refractivity contribution < 1.29 is 68.8 Å². The van der Waals surface area contributed by atoms with Crippen LogP contribution in [-0.2, 0) is 44.4 Å². The zero-order valence-electron chi connectivity index (χ0n) is 13.4. The molecule has 0 saturated carbocycles. The van der Waals surface area contributed by atoms with Crippen LogP contribution in [0, 0.1) is 0 Å². The van der Waals surface area contributed by atoms with Crippen LogP contribution in [0.2, 0.25) is 0 Å². The highest BCUT2D eigenvalue weighted by Crippen LogP contribution is 2.74. The molecule has 1 heterocycles. The zero-order chi connectivity index (χ0) is 16.0. The van der Waals surface area contributed by atoms with Crippen molar-refractivity contribution in [3.8, 4) is 0 Å². The monoisotopic (exact) mass is 485 g/mol. The molecule has 1 fully saturated rings. The second-order valence-corrected chi connectivity index (χ2v) is 10.4. The standard InChI is InChI=1S/5H3N.H5O15P5/c;;;;;1-16(2)11-17(3,4)13-19(7,8)15-20(9,10)14-18(5,6)12-16/h5*1H3;(H,1,2)(H,3,4)(H,5,6)(H,7,8)(H,9,10). The first-order valence-electron chi connectivity index (χ1n) is 3.65. The van der Waals surface area contributed by atoms with E-state index >= 15 is 0 Å². The Balaban J connectivity index is -0.000000267. The molecule has 25 heteroatoms. The summed E-state index contributed by atoms with van der Waals surface area (Å²) in [6, 6.07) is 0. The van der Waals surface area contributed by atoms with Crippen LogP contribution in [0.1, 0.15) is 0 Å². The van der Waals surface area contributed by atoms with Gasteiger partial charge in [0.2, 0.25) is 0 Å². The predicted molar refractivity (Wildman–Crippen MR) is 73.4 cm³/mol. The lowest BCUT2D eigenvalue weighted by atomic mass is 14.0. The Labute approximate surface area is 139 Å². The lowest BCUT2D eigenvalue weighted by Crippen LogP contribution is -2.21. The highest BCUT2D eigenvalue weighted by Gasteiger charge is 2.35. The number of hydrogen-bond acceptors (Lipinski definition) is 15. The van der Waals surface area contributed by atoms with Crippen molar-refractivity contribution in [3.63, 3.8) is 0 Å². The molecule has 25 heavy (non-hydrogen) atoms. The molecule has 0 atom stereocenters. The molecule has 0 aromatic heterocycles. The zero-order valence-corrected chi connectivity index (χ0v) is 17.8. The van der Waals surface area contributed by atoms with Gasteiger partial charge in [0, 0.05) is 0 Å². The van der Waals surface area contributed by atoms with Crippen LogP contribution in [0.25, 0.3) is 0 Å². The maximum Gasteiger partial charge on any atom is 0.280 e.